The molecule has 0 radical (unpaired) electrons. The second kappa shape index (κ2) is 6.61. The second-order valence-electron chi connectivity index (χ2n) is 7.40. The SMILES string of the molecule is C[C@@H]1C(=O)N(CN(C2CCCC2)C2CC2)C(=O)N1c1ccc(Cl)cc1. The van der Waals surface area contributed by atoms with Crippen molar-refractivity contribution in [3.63, 3.8) is 0 Å². The lowest BCUT2D eigenvalue weighted by atomic mass is 10.2. The van der Waals surface area contributed by atoms with E-state index >= 15 is 0 Å². The number of amides is 3. The average molecular weight is 362 g/mol. The first-order valence-corrected chi connectivity index (χ1v) is 9.60. The number of urea groups is 1. The fourth-order valence-corrected chi connectivity index (χ4v) is 4.25. The van der Waals surface area contributed by atoms with Crippen LogP contribution in [0.3, 0.4) is 0 Å². The van der Waals surface area contributed by atoms with Crippen LogP contribution in [0.15, 0.2) is 24.3 Å². The molecule has 0 N–H and O–H groups in total. The van der Waals surface area contributed by atoms with E-state index in [0.29, 0.717) is 23.8 Å². The van der Waals surface area contributed by atoms with E-state index in [0.717, 1.165) is 5.69 Å². The molecule has 3 fully saturated rings. The fraction of sp³-hybridized carbons (Fsp3) is 0.579. The summed E-state index contributed by atoms with van der Waals surface area (Å²) in [5.74, 6) is -0.108. The molecule has 1 atom stereocenters. The van der Waals surface area contributed by atoms with Gasteiger partial charge in [-0.2, -0.15) is 0 Å². The van der Waals surface area contributed by atoms with Crippen LogP contribution in [0.4, 0.5) is 10.5 Å². The highest BCUT2D eigenvalue weighted by Gasteiger charge is 2.46. The van der Waals surface area contributed by atoms with Crippen LogP contribution in [-0.2, 0) is 4.79 Å². The number of rotatable bonds is 5. The van der Waals surface area contributed by atoms with Crippen molar-refractivity contribution < 1.29 is 9.59 Å². The Morgan fingerprint density at radius 3 is 2.24 bits per heavy atom. The molecule has 0 aromatic heterocycles. The van der Waals surface area contributed by atoms with E-state index in [1.807, 2.05) is 0 Å². The monoisotopic (exact) mass is 361 g/mol. The van der Waals surface area contributed by atoms with Crippen molar-refractivity contribution in [1.82, 2.24) is 9.80 Å². The van der Waals surface area contributed by atoms with Gasteiger partial charge in [-0.25, -0.2) is 9.69 Å². The lowest BCUT2D eigenvalue weighted by Gasteiger charge is -2.31. The van der Waals surface area contributed by atoms with Crippen molar-refractivity contribution >= 4 is 29.2 Å². The molecule has 2 aliphatic carbocycles. The highest BCUT2D eigenvalue weighted by molar-refractivity contribution is 6.30. The number of anilines is 1. The maximum Gasteiger partial charge on any atom is 0.333 e. The number of nitrogens with zero attached hydrogens (tertiary/aromatic N) is 3. The van der Waals surface area contributed by atoms with E-state index in [2.05, 4.69) is 4.90 Å². The van der Waals surface area contributed by atoms with Crippen molar-refractivity contribution in [3.05, 3.63) is 29.3 Å². The molecule has 3 aliphatic rings. The van der Waals surface area contributed by atoms with Gasteiger partial charge in [-0.3, -0.25) is 14.6 Å². The minimum atomic E-state index is -0.474. The number of hydrogen-bond acceptors (Lipinski definition) is 3. The van der Waals surface area contributed by atoms with Crippen molar-refractivity contribution in [3.8, 4) is 0 Å². The highest BCUT2D eigenvalue weighted by Crippen LogP contribution is 2.36. The molecule has 5 nitrogen and oxygen atoms in total. The van der Waals surface area contributed by atoms with Gasteiger partial charge < -0.3 is 0 Å². The van der Waals surface area contributed by atoms with Gasteiger partial charge in [0.05, 0.1) is 6.67 Å². The van der Waals surface area contributed by atoms with Crippen LogP contribution < -0.4 is 4.90 Å². The van der Waals surface area contributed by atoms with E-state index in [1.54, 1.807) is 36.1 Å². The van der Waals surface area contributed by atoms with Gasteiger partial charge >= 0.3 is 6.03 Å². The quantitative estimate of drug-likeness (QED) is 0.748. The van der Waals surface area contributed by atoms with Gasteiger partial charge in [-0.05, 0) is 56.9 Å². The van der Waals surface area contributed by atoms with Gasteiger partial charge in [-0.15, -0.1) is 0 Å². The van der Waals surface area contributed by atoms with Gasteiger partial charge in [-0.1, -0.05) is 24.4 Å². The largest absolute Gasteiger partial charge is 0.333 e. The molecule has 1 aromatic carbocycles. The Bertz CT molecular complexity index is 668. The predicted octanol–water partition coefficient (Wildman–Crippen LogP) is 3.86. The van der Waals surface area contributed by atoms with Gasteiger partial charge in [0.25, 0.3) is 5.91 Å². The number of halogens is 1. The van der Waals surface area contributed by atoms with Gasteiger partial charge in [0.1, 0.15) is 6.04 Å². The van der Waals surface area contributed by atoms with Crippen LogP contribution in [0.25, 0.3) is 0 Å². The molecule has 25 heavy (non-hydrogen) atoms. The summed E-state index contributed by atoms with van der Waals surface area (Å²) < 4.78 is 0. The molecule has 0 spiro atoms. The van der Waals surface area contributed by atoms with E-state index in [9.17, 15) is 9.59 Å². The van der Waals surface area contributed by atoms with Crippen LogP contribution >= 0.6 is 11.6 Å². The average Bonchev–Trinajstić information content (AvgIpc) is 3.25. The minimum Gasteiger partial charge on any atom is -0.282 e. The van der Waals surface area contributed by atoms with Crippen LogP contribution in [0.1, 0.15) is 45.4 Å². The van der Waals surface area contributed by atoms with Crippen molar-refractivity contribution in [2.24, 2.45) is 0 Å². The summed E-state index contributed by atoms with van der Waals surface area (Å²) in [6, 6.07) is 7.46. The number of imide groups is 1. The molecule has 0 unspecified atom stereocenters. The molecule has 1 heterocycles. The second-order valence-corrected chi connectivity index (χ2v) is 7.83. The Hall–Kier alpha value is -1.59. The summed E-state index contributed by atoms with van der Waals surface area (Å²) in [5, 5.41) is 0.618. The Kier molecular flexibility index (Phi) is 4.46. The molecule has 4 rings (SSSR count). The number of hydrogen-bond donors (Lipinski definition) is 0. The third-order valence-electron chi connectivity index (χ3n) is 5.67. The number of benzene rings is 1. The summed E-state index contributed by atoms with van der Waals surface area (Å²) in [6.45, 7) is 2.23. The van der Waals surface area contributed by atoms with Gasteiger partial charge in [0.15, 0.2) is 0 Å². The molecular weight excluding hydrogens is 338 g/mol. The summed E-state index contributed by atoms with van der Waals surface area (Å²) >= 11 is 5.94. The van der Waals surface area contributed by atoms with Crippen LogP contribution in [-0.4, -0.2) is 46.5 Å². The zero-order chi connectivity index (χ0) is 17.6. The topological polar surface area (TPSA) is 43.9 Å². The lowest BCUT2D eigenvalue weighted by molar-refractivity contribution is -0.128. The molecule has 6 heteroatoms. The van der Waals surface area contributed by atoms with Crippen molar-refractivity contribution in [2.45, 2.75) is 63.6 Å². The Morgan fingerprint density at radius 2 is 1.64 bits per heavy atom. The Morgan fingerprint density at radius 1 is 1.04 bits per heavy atom. The van der Waals surface area contributed by atoms with E-state index in [1.165, 1.54) is 43.4 Å². The van der Waals surface area contributed by atoms with Gasteiger partial charge in [0, 0.05) is 22.8 Å². The maximum atomic E-state index is 13.0. The Balaban J connectivity index is 1.54. The summed E-state index contributed by atoms with van der Waals surface area (Å²) in [7, 11) is 0. The normalized spacial score (nSPS) is 24.8. The summed E-state index contributed by atoms with van der Waals surface area (Å²) in [6.07, 6.45) is 7.24. The molecule has 1 aliphatic heterocycles. The first kappa shape index (κ1) is 16.9. The molecule has 2 saturated carbocycles. The van der Waals surface area contributed by atoms with Crippen molar-refractivity contribution in [1.29, 1.82) is 0 Å². The first-order valence-electron chi connectivity index (χ1n) is 9.22. The van der Waals surface area contributed by atoms with Gasteiger partial charge in [0.2, 0.25) is 0 Å². The third kappa shape index (κ3) is 3.15. The van der Waals surface area contributed by atoms with E-state index < -0.39 is 6.04 Å². The van der Waals surface area contributed by atoms with Crippen LogP contribution in [0.2, 0.25) is 5.02 Å². The lowest BCUT2D eigenvalue weighted by Crippen LogP contribution is -2.47. The zero-order valence-electron chi connectivity index (χ0n) is 14.5. The minimum absolute atomic E-state index is 0.108. The predicted molar refractivity (Wildman–Crippen MR) is 97.6 cm³/mol. The standard InChI is InChI=1S/C19H24ClN3O2/c1-13-18(24)22(12-21(16-10-11-16)15-4-2-3-5-15)19(25)23(13)17-8-6-14(20)7-9-17/h6-9,13,15-16H,2-5,10-12H2,1H3/t13-/m1/s1. The smallest absolute Gasteiger partial charge is 0.282 e. The molecule has 134 valence electrons. The molecule has 3 amide bonds. The fourth-order valence-electron chi connectivity index (χ4n) is 4.13. The van der Waals surface area contributed by atoms with E-state index in [-0.39, 0.29) is 11.9 Å². The third-order valence-corrected chi connectivity index (χ3v) is 5.92. The Labute approximate surface area is 153 Å². The van der Waals surface area contributed by atoms with Crippen LogP contribution in [0.5, 0.6) is 0 Å². The zero-order valence-corrected chi connectivity index (χ0v) is 15.3. The number of carbonyl (C=O) groups is 2. The number of carbonyl (C=O) groups excluding carboxylic acids is 2. The van der Waals surface area contributed by atoms with Crippen molar-refractivity contribution in [2.75, 3.05) is 11.6 Å². The summed E-state index contributed by atoms with van der Waals surface area (Å²) in [4.78, 5) is 31.2. The molecule has 1 aromatic rings. The first-order chi connectivity index (χ1) is 12.1. The summed E-state index contributed by atoms with van der Waals surface area (Å²) in [5.41, 5.74) is 0.719. The van der Waals surface area contributed by atoms with E-state index in [4.69, 9.17) is 11.6 Å². The molecule has 1 saturated heterocycles. The maximum absolute atomic E-state index is 13.0. The molecular formula is C19H24ClN3O2. The van der Waals surface area contributed by atoms with Crippen LogP contribution in [0, 0.1) is 0 Å². The molecule has 0 bridgehead atoms. The highest BCUT2D eigenvalue weighted by atomic mass is 35.5.